The summed E-state index contributed by atoms with van der Waals surface area (Å²) in [5, 5.41) is 0. The third-order valence-electron chi connectivity index (χ3n) is 2.64. The molecule has 0 aromatic heterocycles. The summed E-state index contributed by atoms with van der Waals surface area (Å²) in [6, 6.07) is 0.727. The zero-order chi connectivity index (χ0) is 13.5. The molecule has 18 heavy (non-hydrogen) atoms. The van der Waals surface area contributed by atoms with Crippen LogP contribution in [0.15, 0.2) is 6.07 Å². The molecule has 0 radical (unpaired) electrons. The number of nitrogens with two attached hydrogens (primary N) is 1. The number of unbranched alkanes of at least 4 members (excludes halogenated alkanes) is 4. The molecule has 1 rings (SSSR count). The van der Waals surface area contributed by atoms with Crippen molar-refractivity contribution in [1.29, 1.82) is 0 Å². The summed E-state index contributed by atoms with van der Waals surface area (Å²) in [7, 11) is 0. The molecule has 0 aliphatic rings. The lowest BCUT2D eigenvalue weighted by Crippen LogP contribution is -2.05. The number of halogens is 3. The fraction of sp³-hybridized carbons (Fsp3) is 0.538. The van der Waals surface area contributed by atoms with Crippen LogP contribution in [0.2, 0.25) is 0 Å². The van der Waals surface area contributed by atoms with Gasteiger partial charge in [-0.1, -0.05) is 32.6 Å². The van der Waals surface area contributed by atoms with Crippen molar-refractivity contribution in [3.63, 3.8) is 0 Å². The van der Waals surface area contributed by atoms with Crippen LogP contribution in [0.25, 0.3) is 0 Å². The van der Waals surface area contributed by atoms with Gasteiger partial charge in [0, 0.05) is 6.07 Å². The lowest BCUT2D eigenvalue weighted by Gasteiger charge is -2.09. The molecule has 0 bridgehead atoms. The van der Waals surface area contributed by atoms with Gasteiger partial charge in [0.1, 0.15) is 0 Å². The molecule has 5 heteroatoms. The molecule has 0 aliphatic carbocycles. The first-order chi connectivity index (χ1) is 8.57. The number of nitrogen functional groups attached to an aromatic ring is 1. The van der Waals surface area contributed by atoms with Gasteiger partial charge in [0.05, 0.1) is 12.3 Å². The second kappa shape index (κ2) is 7.13. The van der Waals surface area contributed by atoms with Crippen LogP contribution in [0.3, 0.4) is 0 Å². The number of benzene rings is 1. The topological polar surface area (TPSA) is 35.2 Å². The zero-order valence-electron chi connectivity index (χ0n) is 10.4. The molecule has 0 unspecified atom stereocenters. The van der Waals surface area contributed by atoms with E-state index in [2.05, 4.69) is 6.92 Å². The highest BCUT2D eigenvalue weighted by Crippen LogP contribution is 2.28. The lowest BCUT2D eigenvalue weighted by atomic mass is 10.2. The van der Waals surface area contributed by atoms with Crippen molar-refractivity contribution >= 4 is 5.69 Å². The maximum atomic E-state index is 13.3. The summed E-state index contributed by atoms with van der Waals surface area (Å²) in [5.41, 5.74) is 4.53. The van der Waals surface area contributed by atoms with Crippen molar-refractivity contribution in [3.8, 4) is 5.75 Å². The monoisotopic (exact) mass is 261 g/mol. The normalized spacial score (nSPS) is 10.7. The van der Waals surface area contributed by atoms with Crippen LogP contribution in [-0.2, 0) is 0 Å². The van der Waals surface area contributed by atoms with Gasteiger partial charge in [0.2, 0.25) is 5.82 Å². The average molecular weight is 261 g/mol. The molecule has 0 saturated heterocycles. The second-order valence-corrected chi connectivity index (χ2v) is 4.17. The van der Waals surface area contributed by atoms with Crippen molar-refractivity contribution in [1.82, 2.24) is 0 Å². The Kier molecular flexibility index (Phi) is 5.82. The summed E-state index contributed by atoms with van der Waals surface area (Å²) < 4.78 is 44.7. The van der Waals surface area contributed by atoms with Crippen molar-refractivity contribution in [2.45, 2.75) is 39.0 Å². The van der Waals surface area contributed by atoms with Crippen molar-refractivity contribution in [2.24, 2.45) is 0 Å². The quantitative estimate of drug-likeness (QED) is 0.457. The Bertz CT molecular complexity index is 396. The van der Waals surface area contributed by atoms with Gasteiger partial charge in [-0.25, -0.2) is 8.78 Å². The Morgan fingerprint density at radius 2 is 1.72 bits per heavy atom. The third-order valence-corrected chi connectivity index (χ3v) is 2.64. The van der Waals surface area contributed by atoms with Crippen LogP contribution in [0.4, 0.5) is 18.9 Å². The van der Waals surface area contributed by atoms with E-state index in [0.29, 0.717) is 6.42 Å². The fourth-order valence-corrected chi connectivity index (χ4v) is 1.61. The SMILES string of the molecule is CCCCCCCOc1c(F)cc(N)c(F)c1F. The predicted molar refractivity (Wildman–Crippen MR) is 65.0 cm³/mol. The van der Waals surface area contributed by atoms with E-state index in [1.807, 2.05) is 0 Å². The average Bonchev–Trinajstić information content (AvgIpc) is 2.34. The first-order valence-corrected chi connectivity index (χ1v) is 6.13. The predicted octanol–water partition coefficient (Wildman–Crippen LogP) is 4.04. The molecule has 2 nitrogen and oxygen atoms in total. The van der Waals surface area contributed by atoms with Crippen molar-refractivity contribution in [2.75, 3.05) is 12.3 Å². The first-order valence-electron chi connectivity index (χ1n) is 6.13. The van der Waals surface area contributed by atoms with Gasteiger partial charge < -0.3 is 10.5 Å². The molecule has 0 heterocycles. The van der Waals surface area contributed by atoms with Crippen LogP contribution in [0, 0.1) is 17.5 Å². The van der Waals surface area contributed by atoms with Crippen molar-refractivity contribution < 1.29 is 17.9 Å². The van der Waals surface area contributed by atoms with E-state index in [-0.39, 0.29) is 6.61 Å². The molecule has 0 saturated carbocycles. The van der Waals surface area contributed by atoms with Crippen LogP contribution >= 0.6 is 0 Å². The molecular formula is C13H18F3NO. The molecule has 1 aromatic rings. The third kappa shape index (κ3) is 3.82. The van der Waals surface area contributed by atoms with E-state index < -0.39 is 28.9 Å². The first kappa shape index (κ1) is 14.7. The smallest absolute Gasteiger partial charge is 0.205 e. The second-order valence-electron chi connectivity index (χ2n) is 4.17. The summed E-state index contributed by atoms with van der Waals surface area (Å²) in [6.07, 6.45) is 4.91. The summed E-state index contributed by atoms with van der Waals surface area (Å²) in [4.78, 5) is 0. The Balaban J connectivity index is 2.50. The molecule has 2 N–H and O–H groups in total. The van der Waals surface area contributed by atoms with E-state index in [9.17, 15) is 13.2 Å². The minimum Gasteiger partial charge on any atom is -0.488 e. The van der Waals surface area contributed by atoms with Gasteiger partial charge in [-0.3, -0.25) is 0 Å². The molecule has 0 atom stereocenters. The largest absolute Gasteiger partial charge is 0.488 e. The maximum Gasteiger partial charge on any atom is 0.205 e. The van der Waals surface area contributed by atoms with Gasteiger partial charge in [0.15, 0.2) is 17.4 Å². The fourth-order valence-electron chi connectivity index (χ4n) is 1.61. The van der Waals surface area contributed by atoms with Crippen LogP contribution < -0.4 is 10.5 Å². The number of hydrogen-bond acceptors (Lipinski definition) is 2. The number of rotatable bonds is 7. The van der Waals surface area contributed by atoms with E-state index in [0.717, 1.165) is 31.7 Å². The Labute approximate surface area is 105 Å². The number of hydrogen-bond donors (Lipinski definition) is 1. The van der Waals surface area contributed by atoms with Crippen LogP contribution in [-0.4, -0.2) is 6.61 Å². The van der Waals surface area contributed by atoms with Gasteiger partial charge in [-0.2, -0.15) is 4.39 Å². The molecule has 0 spiro atoms. The minimum absolute atomic E-state index is 0.168. The molecule has 102 valence electrons. The van der Waals surface area contributed by atoms with Gasteiger partial charge >= 0.3 is 0 Å². The van der Waals surface area contributed by atoms with E-state index in [4.69, 9.17) is 10.5 Å². The van der Waals surface area contributed by atoms with Gasteiger partial charge in [-0.05, 0) is 6.42 Å². The molecule has 0 aliphatic heterocycles. The highest BCUT2D eigenvalue weighted by atomic mass is 19.2. The number of ether oxygens (including phenoxy) is 1. The highest BCUT2D eigenvalue weighted by Gasteiger charge is 2.18. The van der Waals surface area contributed by atoms with Crippen LogP contribution in [0.1, 0.15) is 39.0 Å². The van der Waals surface area contributed by atoms with E-state index >= 15 is 0 Å². The van der Waals surface area contributed by atoms with Gasteiger partial charge in [0.25, 0.3) is 0 Å². The summed E-state index contributed by atoms with van der Waals surface area (Å²) in [6.45, 7) is 2.26. The maximum absolute atomic E-state index is 13.3. The molecule has 1 aromatic carbocycles. The molecule has 0 fully saturated rings. The summed E-state index contributed by atoms with van der Waals surface area (Å²) in [5.74, 6) is -4.28. The molecule has 0 amide bonds. The molecular weight excluding hydrogens is 243 g/mol. The van der Waals surface area contributed by atoms with E-state index in [1.54, 1.807) is 0 Å². The number of anilines is 1. The van der Waals surface area contributed by atoms with Crippen LogP contribution in [0.5, 0.6) is 5.75 Å². The zero-order valence-corrected chi connectivity index (χ0v) is 10.4. The Morgan fingerprint density at radius 1 is 1.06 bits per heavy atom. The summed E-state index contributed by atoms with van der Waals surface area (Å²) >= 11 is 0. The van der Waals surface area contributed by atoms with Crippen molar-refractivity contribution in [3.05, 3.63) is 23.5 Å². The Morgan fingerprint density at radius 3 is 2.39 bits per heavy atom. The lowest BCUT2D eigenvalue weighted by molar-refractivity contribution is 0.270. The van der Waals surface area contributed by atoms with E-state index in [1.165, 1.54) is 0 Å². The van der Waals surface area contributed by atoms with Gasteiger partial charge in [-0.15, -0.1) is 0 Å². The minimum atomic E-state index is -1.36. The standard InChI is InChI=1S/C13H18F3NO/c1-2-3-4-5-6-7-18-13-9(14)8-10(17)11(15)12(13)16/h8H,2-7,17H2,1H3. The Hall–Kier alpha value is -1.39. The highest BCUT2D eigenvalue weighted by molar-refractivity contribution is 5.45.